The summed E-state index contributed by atoms with van der Waals surface area (Å²) in [6.45, 7) is 5.51. The molecule has 0 unspecified atom stereocenters. The van der Waals surface area contributed by atoms with Gasteiger partial charge in [0.25, 0.3) is 0 Å². The molecule has 0 radical (unpaired) electrons. The molecule has 6 nitrogen and oxygen atoms in total. The van der Waals surface area contributed by atoms with Crippen molar-refractivity contribution in [1.29, 1.82) is 0 Å². The third kappa shape index (κ3) is 5.31. The maximum atomic E-state index is 12.2. The number of fused-ring (bicyclic) bond motifs is 1. The van der Waals surface area contributed by atoms with Crippen molar-refractivity contribution >= 4 is 5.91 Å². The van der Waals surface area contributed by atoms with Gasteiger partial charge in [0.2, 0.25) is 5.91 Å². The van der Waals surface area contributed by atoms with E-state index in [0.717, 1.165) is 22.6 Å². The Kier molecular flexibility index (Phi) is 6.63. The van der Waals surface area contributed by atoms with Gasteiger partial charge < -0.3 is 24.3 Å². The monoisotopic (exact) mass is 385 g/mol. The SMILES string of the molecule is COc1cc(CNC(=O)CCc2ccc3c(c2)OCCO3)ccc1OC(C)C. The third-order valence-electron chi connectivity index (χ3n) is 4.33. The van der Waals surface area contributed by atoms with E-state index < -0.39 is 0 Å². The van der Waals surface area contributed by atoms with E-state index in [1.165, 1.54) is 0 Å². The van der Waals surface area contributed by atoms with Crippen LogP contribution in [0.4, 0.5) is 0 Å². The van der Waals surface area contributed by atoms with Gasteiger partial charge in [0.15, 0.2) is 23.0 Å². The number of hydrogen-bond donors (Lipinski definition) is 1. The molecule has 0 spiro atoms. The van der Waals surface area contributed by atoms with Gasteiger partial charge in [-0.15, -0.1) is 0 Å². The summed E-state index contributed by atoms with van der Waals surface area (Å²) in [7, 11) is 1.61. The number of carbonyl (C=O) groups is 1. The summed E-state index contributed by atoms with van der Waals surface area (Å²) in [6, 6.07) is 11.5. The van der Waals surface area contributed by atoms with Crippen LogP contribution < -0.4 is 24.3 Å². The van der Waals surface area contributed by atoms with Crippen molar-refractivity contribution < 1.29 is 23.7 Å². The third-order valence-corrected chi connectivity index (χ3v) is 4.33. The van der Waals surface area contributed by atoms with Crippen LogP contribution in [0, 0.1) is 0 Å². The highest BCUT2D eigenvalue weighted by atomic mass is 16.6. The van der Waals surface area contributed by atoms with Crippen LogP contribution >= 0.6 is 0 Å². The number of rotatable bonds is 8. The molecular formula is C22H27NO5. The van der Waals surface area contributed by atoms with E-state index in [2.05, 4.69) is 5.32 Å². The minimum absolute atomic E-state index is 0.00337. The van der Waals surface area contributed by atoms with Crippen LogP contribution in [0.3, 0.4) is 0 Å². The second-order valence-corrected chi connectivity index (χ2v) is 6.91. The first-order chi connectivity index (χ1) is 13.5. The molecule has 1 N–H and O–H groups in total. The predicted octanol–water partition coefficient (Wildman–Crippen LogP) is 3.50. The number of hydrogen-bond acceptors (Lipinski definition) is 5. The van der Waals surface area contributed by atoms with Gasteiger partial charge in [-0.3, -0.25) is 4.79 Å². The Balaban J connectivity index is 1.50. The van der Waals surface area contributed by atoms with E-state index in [9.17, 15) is 4.79 Å². The molecule has 0 atom stereocenters. The first kappa shape index (κ1) is 19.9. The van der Waals surface area contributed by atoms with Gasteiger partial charge in [0.1, 0.15) is 13.2 Å². The normalized spacial score (nSPS) is 12.6. The predicted molar refractivity (Wildman–Crippen MR) is 106 cm³/mol. The van der Waals surface area contributed by atoms with Crippen LogP contribution in [0.15, 0.2) is 36.4 Å². The Bertz CT molecular complexity index is 819. The molecule has 2 aromatic carbocycles. The molecule has 0 saturated heterocycles. The Labute approximate surface area is 165 Å². The summed E-state index contributed by atoms with van der Waals surface area (Å²) < 4.78 is 22.2. The molecule has 150 valence electrons. The van der Waals surface area contributed by atoms with Crippen LogP contribution in [0.5, 0.6) is 23.0 Å². The van der Waals surface area contributed by atoms with E-state index in [4.69, 9.17) is 18.9 Å². The average molecular weight is 385 g/mol. The molecule has 3 rings (SSSR count). The summed E-state index contributed by atoms with van der Waals surface area (Å²) in [6.07, 6.45) is 1.12. The van der Waals surface area contributed by atoms with Crippen LogP contribution in [0.25, 0.3) is 0 Å². The largest absolute Gasteiger partial charge is 0.493 e. The number of carbonyl (C=O) groups excluding carboxylic acids is 1. The van der Waals surface area contributed by atoms with Crippen molar-refractivity contribution in [3.63, 3.8) is 0 Å². The van der Waals surface area contributed by atoms with Crippen LogP contribution in [0.2, 0.25) is 0 Å². The highest BCUT2D eigenvalue weighted by Gasteiger charge is 2.13. The lowest BCUT2D eigenvalue weighted by Gasteiger charge is -2.18. The molecule has 1 aliphatic rings. The van der Waals surface area contributed by atoms with Gasteiger partial charge in [0, 0.05) is 13.0 Å². The van der Waals surface area contributed by atoms with Crippen molar-refractivity contribution in [3.05, 3.63) is 47.5 Å². The quantitative estimate of drug-likeness (QED) is 0.753. The van der Waals surface area contributed by atoms with E-state index in [-0.39, 0.29) is 12.0 Å². The van der Waals surface area contributed by atoms with Gasteiger partial charge in [0.05, 0.1) is 13.2 Å². The maximum Gasteiger partial charge on any atom is 0.220 e. The number of benzene rings is 2. The lowest BCUT2D eigenvalue weighted by molar-refractivity contribution is -0.121. The Morgan fingerprint density at radius 1 is 1.04 bits per heavy atom. The van der Waals surface area contributed by atoms with Crippen LogP contribution in [-0.2, 0) is 17.8 Å². The molecule has 6 heteroatoms. The number of nitrogens with one attached hydrogen (secondary N) is 1. The first-order valence-corrected chi connectivity index (χ1v) is 9.54. The van der Waals surface area contributed by atoms with Gasteiger partial charge in [-0.1, -0.05) is 12.1 Å². The molecule has 1 heterocycles. The lowest BCUT2D eigenvalue weighted by atomic mass is 10.1. The molecule has 0 aromatic heterocycles. The standard InChI is InChI=1S/C22H27NO5/c1-15(2)28-19-8-5-17(13-20(19)25-3)14-23-22(24)9-6-16-4-7-18-21(12-16)27-11-10-26-18/h4-5,7-8,12-13,15H,6,9-11,14H2,1-3H3,(H,23,24). The van der Waals surface area contributed by atoms with Gasteiger partial charge >= 0.3 is 0 Å². The fourth-order valence-corrected chi connectivity index (χ4v) is 2.96. The Morgan fingerprint density at radius 2 is 1.79 bits per heavy atom. The summed E-state index contributed by atoms with van der Waals surface area (Å²) in [5.41, 5.74) is 2.01. The van der Waals surface area contributed by atoms with Crippen LogP contribution in [-0.4, -0.2) is 32.3 Å². The molecule has 0 bridgehead atoms. The van der Waals surface area contributed by atoms with Gasteiger partial charge in [-0.2, -0.15) is 0 Å². The number of methoxy groups -OCH3 is 1. The fourth-order valence-electron chi connectivity index (χ4n) is 2.96. The summed E-state index contributed by atoms with van der Waals surface area (Å²) in [5, 5.41) is 2.95. The van der Waals surface area contributed by atoms with Crippen molar-refractivity contribution in [2.24, 2.45) is 0 Å². The Hall–Kier alpha value is -2.89. The zero-order valence-corrected chi connectivity index (χ0v) is 16.6. The molecule has 28 heavy (non-hydrogen) atoms. The molecule has 0 saturated carbocycles. The topological polar surface area (TPSA) is 66.0 Å². The number of ether oxygens (including phenoxy) is 4. The molecule has 0 fully saturated rings. The van der Waals surface area contributed by atoms with Gasteiger partial charge in [-0.25, -0.2) is 0 Å². The smallest absolute Gasteiger partial charge is 0.220 e. The minimum Gasteiger partial charge on any atom is -0.493 e. The van der Waals surface area contributed by atoms with E-state index in [0.29, 0.717) is 44.1 Å². The zero-order chi connectivity index (χ0) is 19.9. The Morgan fingerprint density at radius 3 is 2.54 bits per heavy atom. The van der Waals surface area contributed by atoms with Crippen LogP contribution in [0.1, 0.15) is 31.4 Å². The molecule has 1 amide bonds. The zero-order valence-electron chi connectivity index (χ0n) is 16.6. The van der Waals surface area contributed by atoms with Crippen molar-refractivity contribution in [2.45, 2.75) is 39.3 Å². The molecule has 0 aliphatic carbocycles. The number of amides is 1. The summed E-state index contributed by atoms with van der Waals surface area (Å²) >= 11 is 0. The second kappa shape index (κ2) is 9.35. The second-order valence-electron chi connectivity index (χ2n) is 6.91. The fraction of sp³-hybridized carbons (Fsp3) is 0.409. The van der Waals surface area contributed by atoms with Gasteiger partial charge in [-0.05, 0) is 55.7 Å². The van der Waals surface area contributed by atoms with Crippen molar-refractivity contribution in [2.75, 3.05) is 20.3 Å². The van der Waals surface area contributed by atoms with E-state index in [1.54, 1.807) is 7.11 Å². The molecular weight excluding hydrogens is 358 g/mol. The summed E-state index contributed by atoms with van der Waals surface area (Å²) in [5.74, 6) is 2.87. The first-order valence-electron chi connectivity index (χ1n) is 9.54. The number of aryl methyl sites for hydroxylation is 1. The highest BCUT2D eigenvalue weighted by molar-refractivity contribution is 5.76. The molecule has 2 aromatic rings. The van der Waals surface area contributed by atoms with Crippen molar-refractivity contribution in [3.8, 4) is 23.0 Å². The maximum absolute atomic E-state index is 12.2. The van der Waals surface area contributed by atoms with E-state index in [1.807, 2.05) is 50.2 Å². The minimum atomic E-state index is -0.00337. The average Bonchev–Trinajstić information content (AvgIpc) is 2.71. The van der Waals surface area contributed by atoms with E-state index >= 15 is 0 Å². The highest BCUT2D eigenvalue weighted by Crippen LogP contribution is 2.31. The van der Waals surface area contributed by atoms with Crippen molar-refractivity contribution in [1.82, 2.24) is 5.32 Å². The lowest BCUT2D eigenvalue weighted by Crippen LogP contribution is -2.23. The summed E-state index contributed by atoms with van der Waals surface area (Å²) in [4.78, 5) is 12.2. The molecule has 1 aliphatic heterocycles.